The number of fused-ring (bicyclic) bond motifs is 1. The minimum atomic E-state index is -0.473. The molecule has 0 aliphatic carbocycles. The van der Waals surface area contributed by atoms with Crippen LogP contribution in [0.1, 0.15) is 28.9 Å². The summed E-state index contributed by atoms with van der Waals surface area (Å²) in [6.07, 6.45) is 5.35. The highest BCUT2D eigenvalue weighted by molar-refractivity contribution is 6.06. The van der Waals surface area contributed by atoms with E-state index in [0.29, 0.717) is 17.0 Å². The summed E-state index contributed by atoms with van der Waals surface area (Å²) in [7, 11) is 1.49. The Hall–Kier alpha value is -3.17. The zero-order valence-electron chi connectivity index (χ0n) is 18.9. The molecule has 0 atom stereocenters. The van der Waals surface area contributed by atoms with E-state index in [1.165, 1.54) is 13.2 Å². The van der Waals surface area contributed by atoms with Crippen molar-refractivity contribution in [1.82, 2.24) is 14.7 Å². The first-order valence-corrected chi connectivity index (χ1v) is 11.2. The lowest BCUT2D eigenvalue weighted by Gasteiger charge is -2.45. The first-order chi connectivity index (χ1) is 16.0. The smallest absolute Gasteiger partial charge is 0.261 e. The van der Waals surface area contributed by atoms with Crippen molar-refractivity contribution in [1.29, 1.82) is 0 Å². The molecule has 2 N–H and O–H groups in total. The van der Waals surface area contributed by atoms with Crippen LogP contribution in [0.3, 0.4) is 0 Å². The zero-order valence-corrected chi connectivity index (χ0v) is 18.9. The van der Waals surface area contributed by atoms with Gasteiger partial charge in [-0.05, 0) is 38.0 Å². The van der Waals surface area contributed by atoms with Gasteiger partial charge in [0.1, 0.15) is 17.2 Å². The van der Waals surface area contributed by atoms with Crippen LogP contribution in [0.4, 0.5) is 15.8 Å². The summed E-state index contributed by atoms with van der Waals surface area (Å²) >= 11 is 0. The number of carbonyl (C=O) groups excluding carboxylic acids is 1. The Balaban J connectivity index is 1.30. The number of anilines is 2. The second kappa shape index (κ2) is 8.64. The topological polar surface area (TPSA) is 80.1 Å². The Morgan fingerprint density at radius 1 is 1.27 bits per heavy atom. The van der Waals surface area contributed by atoms with Gasteiger partial charge in [0.15, 0.2) is 0 Å². The van der Waals surface area contributed by atoms with Gasteiger partial charge in [-0.3, -0.25) is 4.79 Å². The van der Waals surface area contributed by atoms with E-state index in [9.17, 15) is 9.18 Å². The van der Waals surface area contributed by atoms with Gasteiger partial charge in [-0.15, -0.1) is 0 Å². The fourth-order valence-corrected chi connectivity index (χ4v) is 4.69. The number of hydrogen-bond donors (Lipinski definition) is 2. The van der Waals surface area contributed by atoms with Crippen molar-refractivity contribution in [2.75, 3.05) is 50.2 Å². The van der Waals surface area contributed by atoms with Crippen molar-refractivity contribution in [3.8, 4) is 5.75 Å². The van der Waals surface area contributed by atoms with Gasteiger partial charge in [0, 0.05) is 49.3 Å². The lowest BCUT2D eigenvalue weighted by atomic mass is 9.87. The van der Waals surface area contributed by atoms with Gasteiger partial charge < -0.3 is 29.4 Å². The number of imidazole rings is 1. The molecule has 0 saturated carbocycles. The number of morpholine rings is 1. The zero-order chi connectivity index (χ0) is 23.0. The van der Waals surface area contributed by atoms with E-state index in [-0.39, 0.29) is 11.2 Å². The molecule has 1 aromatic carbocycles. The summed E-state index contributed by atoms with van der Waals surface area (Å²) in [4.78, 5) is 19.5. The fourth-order valence-electron chi connectivity index (χ4n) is 4.69. The number of hydrogen-bond acceptors (Lipinski definition) is 6. The number of halogens is 1. The normalized spacial score (nSPS) is 18.0. The predicted octanol–water partition coefficient (Wildman–Crippen LogP) is 3.00. The van der Waals surface area contributed by atoms with Gasteiger partial charge in [-0.1, -0.05) is 0 Å². The molecular weight excluding hydrogens is 425 g/mol. The number of amides is 1. The molecule has 174 valence electrons. The Morgan fingerprint density at radius 2 is 2.09 bits per heavy atom. The maximum atomic E-state index is 14.9. The average molecular weight is 454 g/mol. The maximum absolute atomic E-state index is 14.9. The number of nitrogens with one attached hydrogen (secondary N) is 2. The molecule has 1 amide bonds. The third-order valence-corrected chi connectivity index (χ3v) is 6.55. The summed E-state index contributed by atoms with van der Waals surface area (Å²) < 4.78 is 27.7. The fraction of sp³-hybridized carbons (Fsp3) is 0.417. The number of aryl methyl sites for hydroxylation is 1. The van der Waals surface area contributed by atoms with Gasteiger partial charge in [-0.25, -0.2) is 9.37 Å². The Morgan fingerprint density at radius 3 is 2.79 bits per heavy atom. The largest absolute Gasteiger partial charge is 0.496 e. The molecule has 2 aliphatic heterocycles. The standard InChI is InChI=1S/C24H28FN5O3/c1-16-13-30-14-18(21(32-2)12-22(30)27-16)23(31)28-20-4-3-17(11-19(20)25)29-8-5-24(6-9-29)15-33-10-7-26-24/h3-4,11-14,26H,5-10,15H2,1-2H3,(H,28,31). The maximum Gasteiger partial charge on any atom is 0.261 e. The molecule has 4 heterocycles. The van der Waals surface area contributed by atoms with Crippen molar-refractivity contribution in [3.63, 3.8) is 0 Å². The van der Waals surface area contributed by atoms with Crippen molar-refractivity contribution < 1.29 is 18.7 Å². The molecule has 0 bridgehead atoms. The first-order valence-electron chi connectivity index (χ1n) is 11.2. The van der Waals surface area contributed by atoms with Crippen LogP contribution in [0.5, 0.6) is 5.75 Å². The summed E-state index contributed by atoms with van der Waals surface area (Å²) in [6.45, 7) is 5.88. The predicted molar refractivity (Wildman–Crippen MR) is 124 cm³/mol. The Labute approximate surface area is 191 Å². The SMILES string of the molecule is COc1cc2nc(C)cn2cc1C(=O)Nc1ccc(N2CCC3(CC2)COCCN3)cc1F. The van der Waals surface area contributed by atoms with E-state index in [2.05, 4.69) is 20.5 Å². The molecule has 2 aliphatic rings. The van der Waals surface area contributed by atoms with Crippen LogP contribution in [-0.4, -0.2) is 60.8 Å². The highest BCUT2D eigenvalue weighted by atomic mass is 19.1. The molecular formula is C24H28FN5O3. The van der Waals surface area contributed by atoms with E-state index >= 15 is 0 Å². The number of piperidine rings is 1. The Kier molecular flexibility index (Phi) is 5.67. The number of benzene rings is 1. The van der Waals surface area contributed by atoms with Crippen LogP contribution >= 0.6 is 0 Å². The van der Waals surface area contributed by atoms with Crippen molar-refractivity contribution in [2.45, 2.75) is 25.3 Å². The number of aromatic nitrogens is 2. The summed E-state index contributed by atoms with van der Waals surface area (Å²) in [6, 6.07) is 6.64. The van der Waals surface area contributed by atoms with Gasteiger partial charge in [0.25, 0.3) is 5.91 Å². The Bertz CT molecular complexity index is 1180. The number of ether oxygens (including phenoxy) is 2. The molecule has 2 saturated heterocycles. The second-order valence-electron chi connectivity index (χ2n) is 8.77. The first kappa shape index (κ1) is 21.7. The van der Waals surface area contributed by atoms with Gasteiger partial charge >= 0.3 is 0 Å². The van der Waals surface area contributed by atoms with Crippen molar-refractivity contribution in [3.05, 3.63) is 53.7 Å². The van der Waals surface area contributed by atoms with Crippen LogP contribution in [0.2, 0.25) is 0 Å². The van der Waals surface area contributed by atoms with Gasteiger partial charge in [0.05, 0.1) is 37.3 Å². The second-order valence-corrected chi connectivity index (χ2v) is 8.77. The molecule has 1 spiro atoms. The van der Waals surface area contributed by atoms with Crippen LogP contribution in [0, 0.1) is 12.7 Å². The van der Waals surface area contributed by atoms with Crippen LogP contribution in [-0.2, 0) is 4.74 Å². The molecule has 5 rings (SSSR count). The van der Waals surface area contributed by atoms with Crippen LogP contribution < -0.4 is 20.3 Å². The average Bonchev–Trinajstić information content (AvgIpc) is 3.19. The summed E-state index contributed by atoms with van der Waals surface area (Å²) in [5.74, 6) is -0.543. The highest BCUT2D eigenvalue weighted by Gasteiger charge is 2.36. The van der Waals surface area contributed by atoms with Crippen LogP contribution in [0.15, 0.2) is 36.7 Å². The van der Waals surface area contributed by atoms with E-state index in [0.717, 1.165) is 57.1 Å². The minimum absolute atomic E-state index is 0.0369. The van der Waals surface area contributed by atoms with E-state index in [4.69, 9.17) is 9.47 Å². The number of rotatable bonds is 4. The quantitative estimate of drug-likeness (QED) is 0.632. The monoisotopic (exact) mass is 453 g/mol. The molecule has 8 nitrogen and oxygen atoms in total. The summed E-state index contributed by atoms with van der Waals surface area (Å²) in [5.41, 5.74) is 2.78. The molecule has 2 fully saturated rings. The van der Waals surface area contributed by atoms with Crippen LogP contribution in [0.25, 0.3) is 5.65 Å². The molecule has 9 heteroatoms. The minimum Gasteiger partial charge on any atom is -0.496 e. The van der Waals surface area contributed by atoms with E-state index in [1.54, 1.807) is 22.7 Å². The highest BCUT2D eigenvalue weighted by Crippen LogP contribution is 2.30. The number of pyridine rings is 1. The molecule has 33 heavy (non-hydrogen) atoms. The lowest BCUT2D eigenvalue weighted by molar-refractivity contribution is 0.0157. The van der Waals surface area contributed by atoms with Gasteiger partial charge in [0.2, 0.25) is 0 Å². The molecule has 0 radical (unpaired) electrons. The van der Waals surface area contributed by atoms with Crippen molar-refractivity contribution >= 4 is 22.9 Å². The summed E-state index contributed by atoms with van der Waals surface area (Å²) in [5, 5.41) is 6.27. The number of methoxy groups -OCH3 is 1. The van der Waals surface area contributed by atoms with E-state index < -0.39 is 11.7 Å². The molecule has 0 unspecified atom stereocenters. The number of carbonyl (C=O) groups is 1. The third kappa shape index (κ3) is 4.26. The van der Waals surface area contributed by atoms with E-state index in [1.807, 2.05) is 19.2 Å². The van der Waals surface area contributed by atoms with Gasteiger partial charge in [-0.2, -0.15) is 0 Å². The molecule has 2 aromatic heterocycles. The van der Waals surface area contributed by atoms with Crippen molar-refractivity contribution in [2.24, 2.45) is 0 Å². The lowest BCUT2D eigenvalue weighted by Crippen LogP contribution is -2.59. The molecule has 3 aromatic rings. The number of nitrogens with zero attached hydrogens (tertiary/aromatic N) is 3. The third-order valence-electron chi connectivity index (χ3n) is 6.55.